The average Bonchev–Trinajstić information content (AvgIpc) is 2.63. The molecular formula is C23H34N2O2S. The van der Waals surface area contributed by atoms with Crippen molar-refractivity contribution in [1.29, 1.82) is 0 Å². The third-order valence-corrected chi connectivity index (χ3v) is 7.20. The van der Waals surface area contributed by atoms with Crippen molar-refractivity contribution in [2.24, 2.45) is 0 Å². The number of unbranched alkanes of at least 4 members (excludes halogenated alkanes) is 2. The Hall–Kier alpha value is -1.85. The van der Waals surface area contributed by atoms with Gasteiger partial charge in [-0.15, -0.1) is 0 Å². The van der Waals surface area contributed by atoms with Crippen molar-refractivity contribution in [2.45, 2.75) is 58.6 Å². The fourth-order valence-corrected chi connectivity index (χ4v) is 3.63. The summed E-state index contributed by atoms with van der Waals surface area (Å²) in [4.78, 5) is 0. The highest BCUT2D eigenvalue weighted by Gasteiger charge is 2.27. The fourth-order valence-electron chi connectivity index (χ4n) is 2.78. The molecule has 4 nitrogen and oxygen atoms in total. The standard InChI is InChI=1S/C23H34N2O2S/c1-18-9-10-21(17-19(18)2)20-11-13-22(14-12-20)24-15-7-6-8-16-25-28(26,27)23(3,4)5/h9-14,17,24-25H,6-8,15-16H2,1-5H3. The SMILES string of the molecule is Cc1ccc(-c2ccc(NCCCCCNS(=O)(=O)C(C)(C)C)cc2)cc1C. The molecule has 28 heavy (non-hydrogen) atoms. The van der Waals surface area contributed by atoms with Gasteiger partial charge in [0, 0.05) is 18.8 Å². The molecule has 0 unspecified atom stereocenters. The highest BCUT2D eigenvalue weighted by Crippen LogP contribution is 2.23. The van der Waals surface area contributed by atoms with E-state index in [0.717, 1.165) is 31.5 Å². The maximum atomic E-state index is 12.0. The monoisotopic (exact) mass is 402 g/mol. The third kappa shape index (κ3) is 6.35. The first kappa shape index (κ1) is 22.4. The first-order valence-electron chi connectivity index (χ1n) is 10.0. The van der Waals surface area contributed by atoms with E-state index in [1.165, 1.54) is 22.3 Å². The van der Waals surface area contributed by atoms with E-state index in [4.69, 9.17) is 0 Å². The van der Waals surface area contributed by atoms with Crippen LogP contribution in [0.2, 0.25) is 0 Å². The van der Waals surface area contributed by atoms with Gasteiger partial charge in [0.15, 0.2) is 0 Å². The van der Waals surface area contributed by atoms with Crippen LogP contribution in [0, 0.1) is 13.8 Å². The first-order valence-corrected chi connectivity index (χ1v) is 11.5. The molecule has 0 aliphatic carbocycles. The van der Waals surface area contributed by atoms with Gasteiger partial charge in [0.25, 0.3) is 0 Å². The minimum absolute atomic E-state index is 0.504. The number of hydrogen-bond acceptors (Lipinski definition) is 3. The highest BCUT2D eigenvalue weighted by molar-refractivity contribution is 7.90. The van der Waals surface area contributed by atoms with Gasteiger partial charge in [0.2, 0.25) is 10.0 Å². The van der Waals surface area contributed by atoms with Gasteiger partial charge in [-0.25, -0.2) is 13.1 Å². The number of hydrogen-bond donors (Lipinski definition) is 2. The smallest absolute Gasteiger partial charge is 0.216 e. The van der Waals surface area contributed by atoms with Crippen LogP contribution in [0.3, 0.4) is 0 Å². The normalized spacial score (nSPS) is 12.2. The van der Waals surface area contributed by atoms with Gasteiger partial charge in [-0.1, -0.05) is 36.8 Å². The molecule has 0 spiro atoms. The Labute approximate surface area is 170 Å². The Morgan fingerprint density at radius 3 is 2.00 bits per heavy atom. The number of benzene rings is 2. The summed E-state index contributed by atoms with van der Waals surface area (Å²) in [6.07, 6.45) is 2.85. The van der Waals surface area contributed by atoms with Gasteiger partial charge in [-0.3, -0.25) is 0 Å². The van der Waals surface area contributed by atoms with Crippen LogP contribution in [0.25, 0.3) is 11.1 Å². The summed E-state index contributed by atoms with van der Waals surface area (Å²) in [5.74, 6) is 0. The molecule has 0 aliphatic heterocycles. The molecule has 0 atom stereocenters. The average molecular weight is 403 g/mol. The Bertz CT molecular complexity index is 866. The van der Waals surface area contributed by atoms with Crippen LogP contribution in [0.5, 0.6) is 0 Å². The quantitative estimate of drug-likeness (QED) is 0.562. The second-order valence-electron chi connectivity index (χ2n) is 8.37. The van der Waals surface area contributed by atoms with Gasteiger partial charge in [0.05, 0.1) is 4.75 Å². The zero-order chi connectivity index (χ0) is 20.8. The summed E-state index contributed by atoms with van der Waals surface area (Å²) in [7, 11) is -3.23. The van der Waals surface area contributed by atoms with E-state index in [0.29, 0.717) is 6.54 Å². The van der Waals surface area contributed by atoms with E-state index >= 15 is 0 Å². The van der Waals surface area contributed by atoms with E-state index < -0.39 is 14.8 Å². The second kappa shape index (κ2) is 9.57. The summed E-state index contributed by atoms with van der Waals surface area (Å²) in [6.45, 7) is 10.8. The molecule has 5 heteroatoms. The van der Waals surface area contributed by atoms with Crippen molar-refractivity contribution in [3.05, 3.63) is 53.6 Å². The minimum atomic E-state index is -3.23. The third-order valence-electron chi connectivity index (χ3n) is 5.01. The molecule has 0 saturated carbocycles. The molecule has 2 N–H and O–H groups in total. The molecule has 0 bridgehead atoms. The van der Waals surface area contributed by atoms with Crippen molar-refractivity contribution in [3.8, 4) is 11.1 Å². The fraction of sp³-hybridized carbons (Fsp3) is 0.478. The Morgan fingerprint density at radius 2 is 1.39 bits per heavy atom. The van der Waals surface area contributed by atoms with E-state index in [9.17, 15) is 8.42 Å². The zero-order valence-electron chi connectivity index (χ0n) is 17.8. The van der Waals surface area contributed by atoms with Crippen LogP contribution >= 0.6 is 0 Å². The van der Waals surface area contributed by atoms with Gasteiger partial charge >= 0.3 is 0 Å². The molecule has 2 rings (SSSR count). The van der Waals surface area contributed by atoms with Crippen molar-refractivity contribution < 1.29 is 8.42 Å². The molecule has 0 radical (unpaired) electrons. The van der Waals surface area contributed by atoms with Crippen molar-refractivity contribution in [1.82, 2.24) is 4.72 Å². The summed E-state index contributed by atoms with van der Waals surface area (Å²) in [5.41, 5.74) is 6.20. The van der Waals surface area contributed by atoms with Crippen LogP contribution < -0.4 is 10.0 Å². The Morgan fingerprint density at radius 1 is 0.786 bits per heavy atom. The Kier molecular flexibility index (Phi) is 7.67. The van der Waals surface area contributed by atoms with E-state index in [1.54, 1.807) is 20.8 Å². The summed E-state index contributed by atoms with van der Waals surface area (Å²) in [5, 5.41) is 3.44. The molecule has 0 amide bonds. The lowest BCUT2D eigenvalue weighted by atomic mass is 10.0. The van der Waals surface area contributed by atoms with Crippen LogP contribution in [0.15, 0.2) is 42.5 Å². The van der Waals surface area contributed by atoms with Gasteiger partial charge in [-0.2, -0.15) is 0 Å². The summed E-state index contributed by atoms with van der Waals surface area (Å²) >= 11 is 0. The minimum Gasteiger partial charge on any atom is -0.385 e. The lowest BCUT2D eigenvalue weighted by Gasteiger charge is -2.19. The molecule has 0 heterocycles. The van der Waals surface area contributed by atoms with Gasteiger partial charge < -0.3 is 5.32 Å². The van der Waals surface area contributed by atoms with E-state index in [2.05, 4.69) is 66.4 Å². The van der Waals surface area contributed by atoms with Crippen molar-refractivity contribution >= 4 is 15.7 Å². The van der Waals surface area contributed by atoms with Crippen LogP contribution in [0.4, 0.5) is 5.69 Å². The van der Waals surface area contributed by atoms with Crippen molar-refractivity contribution in [2.75, 3.05) is 18.4 Å². The van der Waals surface area contributed by atoms with Gasteiger partial charge in [-0.05, 0) is 81.8 Å². The highest BCUT2D eigenvalue weighted by atomic mass is 32.2. The van der Waals surface area contributed by atoms with Crippen LogP contribution in [-0.4, -0.2) is 26.3 Å². The summed E-state index contributed by atoms with van der Waals surface area (Å²) in [6, 6.07) is 15.1. The first-order chi connectivity index (χ1) is 13.1. The largest absolute Gasteiger partial charge is 0.385 e. The second-order valence-corrected chi connectivity index (χ2v) is 10.9. The predicted octanol–water partition coefficient (Wildman–Crippen LogP) is 5.27. The predicted molar refractivity (Wildman–Crippen MR) is 120 cm³/mol. The Balaban J connectivity index is 1.70. The lowest BCUT2D eigenvalue weighted by Crippen LogP contribution is -2.39. The number of anilines is 1. The van der Waals surface area contributed by atoms with Crippen molar-refractivity contribution in [3.63, 3.8) is 0 Å². The number of sulfonamides is 1. The topological polar surface area (TPSA) is 58.2 Å². The summed E-state index contributed by atoms with van der Waals surface area (Å²) < 4.78 is 25.9. The molecule has 154 valence electrons. The molecule has 2 aromatic carbocycles. The van der Waals surface area contributed by atoms with E-state index in [-0.39, 0.29) is 0 Å². The number of aryl methyl sites for hydroxylation is 2. The molecular weight excluding hydrogens is 368 g/mol. The number of nitrogens with one attached hydrogen (secondary N) is 2. The van der Waals surface area contributed by atoms with E-state index in [1.807, 2.05) is 0 Å². The molecule has 0 aromatic heterocycles. The van der Waals surface area contributed by atoms with Crippen LogP contribution in [0.1, 0.15) is 51.2 Å². The lowest BCUT2D eigenvalue weighted by molar-refractivity contribution is 0.540. The van der Waals surface area contributed by atoms with Gasteiger partial charge in [0.1, 0.15) is 0 Å². The number of rotatable bonds is 9. The molecule has 0 saturated heterocycles. The molecule has 0 aliphatic rings. The molecule has 2 aromatic rings. The zero-order valence-corrected chi connectivity index (χ0v) is 18.6. The maximum Gasteiger partial charge on any atom is 0.216 e. The maximum absolute atomic E-state index is 12.0. The molecule has 0 fully saturated rings. The van der Waals surface area contributed by atoms with Crippen LogP contribution in [-0.2, 0) is 10.0 Å².